The summed E-state index contributed by atoms with van der Waals surface area (Å²) in [7, 11) is 0. The first-order valence-corrected chi connectivity index (χ1v) is 6.89. The zero-order valence-corrected chi connectivity index (χ0v) is 12.2. The van der Waals surface area contributed by atoms with Gasteiger partial charge in [-0.25, -0.2) is 9.78 Å². The van der Waals surface area contributed by atoms with Gasteiger partial charge in [0.25, 0.3) is 5.56 Å². The van der Waals surface area contributed by atoms with Crippen molar-refractivity contribution >= 4 is 27.5 Å². The Bertz CT molecular complexity index is 672. The summed E-state index contributed by atoms with van der Waals surface area (Å²) in [5, 5.41) is 0.550. The van der Waals surface area contributed by atoms with Gasteiger partial charge in [-0.15, -0.1) is 11.3 Å². The lowest BCUT2D eigenvalue weighted by atomic mass is 10.3. The first-order valence-electron chi connectivity index (χ1n) is 6.08. The summed E-state index contributed by atoms with van der Waals surface area (Å²) in [5.74, 6) is -0.426. The van der Waals surface area contributed by atoms with Crippen LogP contribution in [0.15, 0.2) is 17.2 Å². The molecule has 102 valence electrons. The molecule has 0 fully saturated rings. The molecule has 0 aromatic carbocycles. The van der Waals surface area contributed by atoms with E-state index in [9.17, 15) is 9.59 Å². The molecule has 5 nitrogen and oxygen atoms in total. The lowest BCUT2D eigenvalue weighted by Gasteiger charge is -2.15. The molecule has 0 bridgehead atoms. The van der Waals surface area contributed by atoms with Gasteiger partial charge >= 0.3 is 5.97 Å². The first kappa shape index (κ1) is 13.7. The summed E-state index contributed by atoms with van der Waals surface area (Å²) in [4.78, 5) is 30.1. The number of hydrogen-bond acceptors (Lipinski definition) is 5. The van der Waals surface area contributed by atoms with E-state index in [1.54, 1.807) is 26.8 Å². The summed E-state index contributed by atoms with van der Waals surface area (Å²) >= 11 is 1.47. The molecule has 0 aliphatic heterocycles. The fourth-order valence-electron chi connectivity index (χ4n) is 1.78. The molecular formula is C13H16N2O3S. The van der Waals surface area contributed by atoms with Gasteiger partial charge < -0.3 is 4.74 Å². The molecule has 0 spiro atoms. The van der Waals surface area contributed by atoms with Gasteiger partial charge in [0, 0.05) is 4.88 Å². The molecule has 2 aromatic rings. The van der Waals surface area contributed by atoms with Crippen LogP contribution in [0.2, 0.25) is 0 Å². The number of hydrogen-bond donors (Lipinski definition) is 0. The summed E-state index contributed by atoms with van der Waals surface area (Å²) in [6.07, 6.45) is 1.21. The van der Waals surface area contributed by atoms with Crippen LogP contribution in [0.1, 0.15) is 31.7 Å². The molecule has 2 rings (SSSR count). The minimum absolute atomic E-state index is 0.203. The summed E-state index contributed by atoms with van der Waals surface area (Å²) in [5.41, 5.74) is -0.206. The fraction of sp³-hybridized carbons (Fsp3) is 0.462. The highest BCUT2D eigenvalue weighted by molar-refractivity contribution is 7.18. The van der Waals surface area contributed by atoms with E-state index in [0.29, 0.717) is 10.2 Å². The third-order valence-electron chi connectivity index (χ3n) is 2.71. The number of nitrogens with zero attached hydrogens (tertiary/aromatic N) is 2. The average Bonchev–Trinajstić information content (AvgIpc) is 2.69. The number of ether oxygens (including phenoxy) is 1. The second-order valence-electron chi connectivity index (χ2n) is 4.69. The Morgan fingerprint density at radius 3 is 2.74 bits per heavy atom. The van der Waals surface area contributed by atoms with Crippen LogP contribution in [0, 0.1) is 6.92 Å². The maximum atomic E-state index is 12.3. The lowest BCUT2D eigenvalue weighted by molar-refractivity contribution is -0.151. The molecule has 0 radical (unpaired) electrons. The highest BCUT2D eigenvalue weighted by atomic mass is 32.1. The predicted molar refractivity (Wildman–Crippen MR) is 74.6 cm³/mol. The fourth-order valence-corrected chi connectivity index (χ4v) is 2.62. The van der Waals surface area contributed by atoms with E-state index < -0.39 is 12.0 Å². The number of esters is 1. The quantitative estimate of drug-likeness (QED) is 0.809. The van der Waals surface area contributed by atoms with Gasteiger partial charge in [0.2, 0.25) is 0 Å². The predicted octanol–water partition coefficient (Wildman–Crippen LogP) is 2.28. The van der Waals surface area contributed by atoms with E-state index >= 15 is 0 Å². The molecule has 0 saturated heterocycles. The number of thiophene rings is 1. The number of fused-ring (bicyclic) bond motifs is 1. The van der Waals surface area contributed by atoms with Crippen LogP contribution in [0.4, 0.5) is 0 Å². The third-order valence-corrected chi connectivity index (χ3v) is 3.67. The lowest BCUT2D eigenvalue weighted by Crippen LogP contribution is -2.30. The molecular weight excluding hydrogens is 264 g/mol. The van der Waals surface area contributed by atoms with Crippen molar-refractivity contribution in [3.63, 3.8) is 0 Å². The van der Waals surface area contributed by atoms with Crippen molar-refractivity contribution in [2.45, 2.75) is 39.8 Å². The Morgan fingerprint density at radius 2 is 2.11 bits per heavy atom. The SMILES string of the molecule is Cc1cc2c(=O)n(C(C)C(=O)OC(C)C)cnc2s1. The van der Waals surface area contributed by atoms with Crippen molar-refractivity contribution in [2.24, 2.45) is 0 Å². The van der Waals surface area contributed by atoms with E-state index in [0.717, 1.165) is 4.88 Å². The zero-order valence-electron chi connectivity index (χ0n) is 11.3. The molecule has 0 aliphatic rings. The molecule has 19 heavy (non-hydrogen) atoms. The molecule has 0 N–H and O–H groups in total. The van der Waals surface area contributed by atoms with E-state index in [4.69, 9.17) is 4.74 Å². The van der Waals surface area contributed by atoms with Crippen molar-refractivity contribution in [2.75, 3.05) is 0 Å². The average molecular weight is 280 g/mol. The third kappa shape index (κ3) is 2.68. The smallest absolute Gasteiger partial charge is 0.329 e. The molecule has 1 unspecified atom stereocenters. The molecule has 0 saturated carbocycles. The standard InChI is InChI=1S/C13H16N2O3S/c1-7(2)18-13(17)9(4)15-6-14-11-10(12(15)16)5-8(3)19-11/h5-7,9H,1-4H3. The summed E-state index contributed by atoms with van der Waals surface area (Å²) < 4.78 is 6.43. The number of aromatic nitrogens is 2. The van der Waals surface area contributed by atoms with E-state index in [1.807, 2.05) is 6.92 Å². The number of carbonyl (C=O) groups is 1. The number of rotatable bonds is 3. The highest BCUT2D eigenvalue weighted by Gasteiger charge is 2.20. The molecule has 2 heterocycles. The molecule has 0 aliphatic carbocycles. The van der Waals surface area contributed by atoms with Crippen molar-refractivity contribution in [1.29, 1.82) is 0 Å². The monoisotopic (exact) mass is 280 g/mol. The summed E-state index contributed by atoms with van der Waals surface area (Å²) in [6, 6.07) is 1.12. The number of aryl methyl sites for hydroxylation is 1. The number of carbonyl (C=O) groups excluding carboxylic acids is 1. The van der Waals surface area contributed by atoms with E-state index in [2.05, 4.69) is 4.98 Å². The Kier molecular flexibility index (Phi) is 3.71. The minimum atomic E-state index is -0.674. The van der Waals surface area contributed by atoms with E-state index in [-0.39, 0.29) is 11.7 Å². The van der Waals surface area contributed by atoms with Crippen LogP contribution in [-0.2, 0) is 9.53 Å². The normalized spacial score (nSPS) is 12.9. The summed E-state index contributed by atoms with van der Waals surface area (Å²) in [6.45, 7) is 7.11. The van der Waals surface area contributed by atoms with Gasteiger partial charge in [-0.1, -0.05) is 0 Å². The van der Waals surface area contributed by atoms with Crippen molar-refractivity contribution in [3.05, 3.63) is 27.6 Å². The Balaban J connectivity index is 2.42. The van der Waals surface area contributed by atoms with Crippen LogP contribution < -0.4 is 5.56 Å². The molecule has 2 aromatic heterocycles. The maximum absolute atomic E-state index is 12.3. The van der Waals surface area contributed by atoms with Gasteiger partial charge in [-0.2, -0.15) is 0 Å². The Hall–Kier alpha value is -1.69. The van der Waals surface area contributed by atoms with Crippen molar-refractivity contribution in [3.8, 4) is 0 Å². The van der Waals surface area contributed by atoms with Crippen LogP contribution in [-0.4, -0.2) is 21.6 Å². The van der Waals surface area contributed by atoms with Crippen LogP contribution in [0.5, 0.6) is 0 Å². The largest absolute Gasteiger partial charge is 0.461 e. The highest BCUT2D eigenvalue weighted by Crippen LogP contribution is 2.20. The second-order valence-corrected chi connectivity index (χ2v) is 5.93. The first-order chi connectivity index (χ1) is 8.90. The molecule has 1 atom stereocenters. The van der Waals surface area contributed by atoms with Gasteiger partial charge in [0.1, 0.15) is 10.9 Å². The Labute approximate surface area is 114 Å². The van der Waals surface area contributed by atoms with Gasteiger partial charge in [-0.05, 0) is 33.8 Å². The van der Waals surface area contributed by atoms with Crippen LogP contribution in [0.25, 0.3) is 10.2 Å². The van der Waals surface area contributed by atoms with Gasteiger partial charge in [0.15, 0.2) is 0 Å². The minimum Gasteiger partial charge on any atom is -0.461 e. The van der Waals surface area contributed by atoms with Crippen molar-refractivity contribution in [1.82, 2.24) is 9.55 Å². The van der Waals surface area contributed by atoms with Crippen molar-refractivity contribution < 1.29 is 9.53 Å². The topological polar surface area (TPSA) is 61.2 Å². The molecule has 0 amide bonds. The van der Waals surface area contributed by atoms with Crippen LogP contribution >= 0.6 is 11.3 Å². The van der Waals surface area contributed by atoms with Gasteiger partial charge in [-0.3, -0.25) is 9.36 Å². The van der Waals surface area contributed by atoms with Crippen LogP contribution in [0.3, 0.4) is 0 Å². The Morgan fingerprint density at radius 1 is 1.42 bits per heavy atom. The maximum Gasteiger partial charge on any atom is 0.329 e. The second kappa shape index (κ2) is 5.13. The molecule has 6 heteroatoms. The van der Waals surface area contributed by atoms with E-state index in [1.165, 1.54) is 22.2 Å². The zero-order chi connectivity index (χ0) is 14.2. The van der Waals surface area contributed by atoms with Gasteiger partial charge in [0.05, 0.1) is 17.8 Å².